The van der Waals surface area contributed by atoms with Crippen LogP contribution in [-0.2, 0) is 4.79 Å². The summed E-state index contributed by atoms with van der Waals surface area (Å²) in [6.45, 7) is 3.28. The summed E-state index contributed by atoms with van der Waals surface area (Å²) in [6.07, 6.45) is 1.42. The molecule has 0 spiro atoms. The normalized spacial score (nSPS) is 16.2. The van der Waals surface area contributed by atoms with E-state index in [4.69, 9.17) is 4.42 Å². The predicted molar refractivity (Wildman–Crippen MR) is 90.6 cm³/mol. The summed E-state index contributed by atoms with van der Waals surface area (Å²) < 4.78 is 45.1. The van der Waals surface area contributed by atoms with Gasteiger partial charge in [0.05, 0.1) is 18.0 Å². The van der Waals surface area contributed by atoms with E-state index in [9.17, 15) is 22.8 Å². The highest BCUT2D eigenvalue weighted by Gasteiger charge is 2.29. The minimum Gasteiger partial charge on any atom is -0.459 e. The van der Waals surface area contributed by atoms with Crippen molar-refractivity contribution >= 4 is 17.5 Å². The minimum atomic E-state index is -1.63. The van der Waals surface area contributed by atoms with Gasteiger partial charge < -0.3 is 14.6 Å². The van der Waals surface area contributed by atoms with E-state index in [1.54, 1.807) is 24.0 Å². The average molecular weight is 381 g/mol. The van der Waals surface area contributed by atoms with E-state index in [-0.39, 0.29) is 11.7 Å². The van der Waals surface area contributed by atoms with Crippen LogP contribution in [0.1, 0.15) is 17.5 Å². The third kappa shape index (κ3) is 3.97. The molecule has 1 aromatic carbocycles. The van der Waals surface area contributed by atoms with E-state index in [2.05, 4.69) is 5.32 Å². The number of benzene rings is 1. The standard InChI is InChI=1S/C18H18F3N3O3/c1-11(17(25)22-13-5-4-12(19)15(20)16(13)21)23-6-8-24(9-7-23)18(26)14-3-2-10-27-14/h2-5,10-11H,6-9H2,1H3,(H,22,25). The number of halogens is 3. The molecular formula is C18H18F3N3O3. The Bertz CT molecular complexity index is 834. The van der Waals surface area contributed by atoms with E-state index in [1.807, 2.05) is 4.90 Å². The van der Waals surface area contributed by atoms with Crippen LogP contribution < -0.4 is 5.32 Å². The van der Waals surface area contributed by atoms with Gasteiger partial charge in [-0.05, 0) is 31.2 Å². The van der Waals surface area contributed by atoms with E-state index in [0.29, 0.717) is 26.2 Å². The summed E-state index contributed by atoms with van der Waals surface area (Å²) in [5.41, 5.74) is -0.419. The van der Waals surface area contributed by atoms with Crippen molar-refractivity contribution in [2.24, 2.45) is 0 Å². The van der Waals surface area contributed by atoms with Crippen molar-refractivity contribution in [1.82, 2.24) is 9.80 Å². The minimum absolute atomic E-state index is 0.222. The van der Waals surface area contributed by atoms with Crippen molar-refractivity contribution in [3.05, 3.63) is 53.7 Å². The summed E-state index contributed by atoms with van der Waals surface area (Å²) in [5.74, 6) is -4.92. The fourth-order valence-electron chi connectivity index (χ4n) is 2.89. The monoisotopic (exact) mass is 381 g/mol. The maximum atomic E-state index is 13.7. The highest BCUT2D eigenvalue weighted by molar-refractivity contribution is 5.95. The van der Waals surface area contributed by atoms with Crippen LogP contribution in [0, 0.1) is 17.5 Å². The predicted octanol–water partition coefficient (Wildman–Crippen LogP) is 2.48. The number of carbonyl (C=O) groups is 2. The van der Waals surface area contributed by atoms with Gasteiger partial charge in [-0.15, -0.1) is 0 Å². The number of hydrogen-bond acceptors (Lipinski definition) is 4. The van der Waals surface area contributed by atoms with Gasteiger partial charge in [0, 0.05) is 26.2 Å². The van der Waals surface area contributed by atoms with Crippen molar-refractivity contribution in [1.29, 1.82) is 0 Å². The Kier molecular flexibility index (Phi) is 5.50. The number of nitrogens with zero attached hydrogens (tertiary/aromatic N) is 2. The van der Waals surface area contributed by atoms with E-state index in [0.717, 1.165) is 12.1 Å². The molecule has 0 radical (unpaired) electrons. The number of carbonyl (C=O) groups excluding carboxylic acids is 2. The second-order valence-electron chi connectivity index (χ2n) is 6.19. The van der Waals surface area contributed by atoms with Crippen LogP contribution in [0.2, 0.25) is 0 Å². The van der Waals surface area contributed by atoms with Crippen LogP contribution in [0.3, 0.4) is 0 Å². The first-order valence-electron chi connectivity index (χ1n) is 8.39. The number of nitrogens with one attached hydrogen (secondary N) is 1. The largest absolute Gasteiger partial charge is 0.459 e. The van der Waals surface area contributed by atoms with Gasteiger partial charge in [0.15, 0.2) is 23.2 Å². The number of piperazine rings is 1. The van der Waals surface area contributed by atoms with Crippen molar-refractivity contribution in [3.8, 4) is 0 Å². The summed E-state index contributed by atoms with van der Waals surface area (Å²) in [4.78, 5) is 28.0. The lowest BCUT2D eigenvalue weighted by Crippen LogP contribution is -2.54. The van der Waals surface area contributed by atoms with Crippen LogP contribution in [0.25, 0.3) is 0 Å². The summed E-state index contributed by atoms with van der Waals surface area (Å²) in [5, 5.41) is 2.27. The molecule has 1 aliphatic heterocycles. The molecule has 2 heterocycles. The van der Waals surface area contributed by atoms with Crippen LogP contribution in [0.4, 0.5) is 18.9 Å². The Balaban J connectivity index is 1.57. The van der Waals surface area contributed by atoms with Crippen molar-refractivity contribution in [3.63, 3.8) is 0 Å². The molecule has 1 saturated heterocycles. The zero-order valence-electron chi connectivity index (χ0n) is 14.5. The molecule has 27 heavy (non-hydrogen) atoms. The Morgan fingerprint density at radius 2 is 1.78 bits per heavy atom. The Morgan fingerprint density at radius 1 is 1.07 bits per heavy atom. The fourth-order valence-corrected chi connectivity index (χ4v) is 2.89. The zero-order chi connectivity index (χ0) is 19.6. The van der Waals surface area contributed by atoms with Crippen molar-refractivity contribution in [2.45, 2.75) is 13.0 Å². The maximum absolute atomic E-state index is 13.7. The van der Waals surface area contributed by atoms with E-state index < -0.39 is 35.1 Å². The topological polar surface area (TPSA) is 65.8 Å². The second kappa shape index (κ2) is 7.83. The molecular weight excluding hydrogens is 363 g/mol. The second-order valence-corrected chi connectivity index (χ2v) is 6.19. The number of amides is 2. The van der Waals surface area contributed by atoms with Gasteiger partial charge in [0.2, 0.25) is 5.91 Å². The first-order valence-corrected chi connectivity index (χ1v) is 8.39. The lowest BCUT2D eigenvalue weighted by Gasteiger charge is -2.37. The zero-order valence-corrected chi connectivity index (χ0v) is 14.5. The maximum Gasteiger partial charge on any atom is 0.289 e. The van der Waals surface area contributed by atoms with Crippen LogP contribution in [-0.4, -0.2) is 53.8 Å². The number of hydrogen-bond donors (Lipinski definition) is 1. The Morgan fingerprint density at radius 3 is 2.41 bits per heavy atom. The van der Waals surface area contributed by atoms with Crippen LogP contribution in [0.15, 0.2) is 34.9 Å². The molecule has 0 saturated carbocycles. The molecule has 2 amide bonds. The van der Waals surface area contributed by atoms with E-state index >= 15 is 0 Å². The summed E-state index contributed by atoms with van der Waals surface area (Å²) in [7, 11) is 0. The van der Waals surface area contributed by atoms with Gasteiger partial charge in [0.1, 0.15) is 0 Å². The quantitative estimate of drug-likeness (QED) is 0.827. The molecule has 1 unspecified atom stereocenters. The highest BCUT2D eigenvalue weighted by atomic mass is 19.2. The first kappa shape index (κ1) is 19.0. The van der Waals surface area contributed by atoms with Gasteiger partial charge in [-0.1, -0.05) is 0 Å². The molecule has 1 N–H and O–H groups in total. The van der Waals surface area contributed by atoms with Gasteiger partial charge in [0.25, 0.3) is 5.91 Å². The summed E-state index contributed by atoms with van der Waals surface area (Å²) in [6, 6.07) is 4.29. The van der Waals surface area contributed by atoms with Gasteiger partial charge in [-0.3, -0.25) is 14.5 Å². The number of furan rings is 1. The average Bonchev–Trinajstić information content (AvgIpc) is 3.22. The Labute approximate surface area is 153 Å². The fraction of sp³-hybridized carbons (Fsp3) is 0.333. The van der Waals surface area contributed by atoms with Gasteiger partial charge in [-0.2, -0.15) is 0 Å². The lowest BCUT2D eigenvalue weighted by atomic mass is 10.2. The molecule has 2 aromatic rings. The third-order valence-corrected chi connectivity index (χ3v) is 4.55. The molecule has 3 rings (SSSR count). The van der Waals surface area contributed by atoms with E-state index in [1.165, 1.54) is 6.26 Å². The third-order valence-electron chi connectivity index (χ3n) is 4.55. The van der Waals surface area contributed by atoms with Crippen molar-refractivity contribution in [2.75, 3.05) is 31.5 Å². The number of rotatable bonds is 4. The molecule has 1 aromatic heterocycles. The van der Waals surface area contributed by atoms with Crippen LogP contribution in [0.5, 0.6) is 0 Å². The summed E-state index contributed by atoms with van der Waals surface area (Å²) >= 11 is 0. The van der Waals surface area contributed by atoms with Gasteiger partial charge >= 0.3 is 0 Å². The van der Waals surface area contributed by atoms with Crippen molar-refractivity contribution < 1.29 is 27.2 Å². The molecule has 0 bridgehead atoms. The number of anilines is 1. The lowest BCUT2D eigenvalue weighted by molar-refractivity contribution is -0.121. The molecule has 0 aliphatic carbocycles. The Hall–Kier alpha value is -2.81. The van der Waals surface area contributed by atoms with Crippen LogP contribution >= 0.6 is 0 Å². The molecule has 9 heteroatoms. The first-order chi connectivity index (χ1) is 12.9. The molecule has 144 valence electrons. The highest BCUT2D eigenvalue weighted by Crippen LogP contribution is 2.20. The smallest absolute Gasteiger partial charge is 0.289 e. The molecule has 1 fully saturated rings. The SMILES string of the molecule is CC(C(=O)Nc1ccc(F)c(F)c1F)N1CCN(C(=O)c2ccco2)CC1. The van der Waals surface area contributed by atoms with Gasteiger partial charge in [-0.25, -0.2) is 13.2 Å². The molecule has 6 nitrogen and oxygen atoms in total. The molecule has 1 atom stereocenters. The molecule has 1 aliphatic rings.